The van der Waals surface area contributed by atoms with E-state index in [1.807, 2.05) is 0 Å². The number of rotatable bonds is 4. The summed E-state index contributed by atoms with van der Waals surface area (Å²) >= 11 is 0. The molecule has 1 aromatic carbocycles. The van der Waals surface area contributed by atoms with Crippen molar-refractivity contribution in [2.45, 2.75) is 43.9 Å². The Morgan fingerprint density at radius 2 is 2.08 bits per heavy atom. The molecule has 1 heterocycles. The number of nitrogens with one attached hydrogen (secondary N) is 1. The summed E-state index contributed by atoms with van der Waals surface area (Å²) in [6.07, 6.45) is -1.03. The predicted octanol–water partition coefficient (Wildman–Crippen LogP) is 3.32. The summed E-state index contributed by atoms with van der Waals surface area (Å²) in [6.45, 7) is 0.474. The Labute approximate surface area is 138 Å². The summed E-state index contributed by atoms with van der Waals surface area (Å²) in [6, 6.07) is 4.25. The zero-order valence-electron chi connectivity index (χ0n) is 13.2. The molecule has 2 N–H and O–H groups in total. The van der Waals surface area contributed by atoms with Crippen molar-refractivity contribution < 1.29 is 23.1 Å². The third kappa shape index (κ3) is 3.66. The lowest BCUT2D eigenvalue weighted by molar-refractivity contribution is -0.137. The van der Waals surface area contributed by atoms with Gasteiger partial charge in [-0.3, -0.25) is 0 Å². The van der Waals surface area contributed by atoms with Crippen molar-refractivity contribution in [3.8, 4) is 0 Å². The van der Waals surface area contributed by atoms with Gasteiger partial charge in [0.1, 0.15) is 0 Å². The molecule has 1 unspecified atom stereocenters. The van der Waals surface area contributed by atoms with E-state index >= 15 is 0 Å². The fourth-order valence-electron chi connectivity index (χ4n) is 3.32. The van der Waals surface area contributed by atoms with Crippen LogP contribution in [0.2, 0.25) is 0 Å². The first-order valence-corrected chi connectivity index (χ1v) is 8.25. The molecule has 0 spiro atoms. The molecule has 1 aromatic rings. The normalized spacial score (nSPS) is 22.5. The van der Waals surface area contributed by atoms with E-state index in [1.165, 1.54) is 6.07 Å². The van der Waals surface area contributed by atoms with E-state index in [0.29, 0.717) is 12.1 Å². The number of amides is 2. The first-order chi connectivity index (χ1) is 11.4. The van der Waals surface area contributed by atoms with Crippen LogP contribution in [-0.4, -0.2) is 35.2 Å². The van der Waals surface area contributed by atoms with Crippen LogP contribution >= 0.6 is 0 Å². The third-order valence-corrected chi connectivity index (χ3v) is 4.79. The molecule has 132 valence electrons. The molecule has 3 rings (SSSR count). The monoisotopic (exact) mass is 342 g/mol. The lowest BCUT2D eigenvalue weighted by atomic mass is 10.00. The van der Waals surface area contributed by atoms with Crippen LogP contribution in [-0.2, 0) is 6.18 Å². The summed E-state index contributed by atoms with van der Waals surface area (Å²) < 4.78 is 38.8. The van der Waals surface area contributed by atoms with Crippen LogP contribution in [0.5, 0.6) is 0 Å². The van der Waals surface area contributed by atoms with E-state index in [-0.39, 0.29) is 24.6 Å². The minimum absolute atomic E-state index is 0.0922. The van der Waals surface area contributed by atoms with E-state index in [4.69, 9.17) is 0 Å². The van der Waals surface area contributed by atoms with Gasteiger partial charge in [-0.05, 0) is 49.3 Å². The first kappa shape index (κ1) is 17.1. The maximum atomic E-state index is 12.9. The quantitative estimate of drug-likeness (QED) is 0.882. The van der Waals surface area contributed by atoms with Gasteiger partial charge >= 0.3 is 12.2 Å². The van der Waals surface area contributed by atoms with Gasteiger partial charge in [0.2, 0.25) is 0 Å². The topological polar surface area (TPSA) is 52.6 Å². The van der Waals surface area contributed by atoms with Crippen LogP contribution < -0.4 is 5.32 Å². The van der Waals surface area contributed by atoms with Crippen molar-refractivity contribution in [2.24, 2.45) is 5.92 Å². The largest absolute Gasteiger partial charge is 0.416 e. The van der Waals surface area contributed by atoms with Crippen LogP contribution in [0.1, 0.15) is 42.9 Å². The Balaban J connectivity index is 1.77. The molecule has 1 saturated heterocycles. The molecule has 1 saturated carbocycles. The minimum atomic E-state index is -4.40. The number of nitrogens with zero attached hydrogens (tertiary/aromatic N) is 1. The summed E-state index contributed by atoms with van der Waals surface area (Å²) in [5.74, 6) is 0.174. The van der Waals surface area contributed by atoms with E-state index in [2.05, 4.69) is 5.32 Å². The second-order valence-electron chi connectivity index (χ2n) is 6.56. The fourth-order valence-corrected chi connectivity index (χ4v) is 3.32. The van der Waals surface area contributed by atoms with Gasteiger partial charge in [-0.15, -0.1) is 0 Å². The predicted molar refractivity (Wildman–Crippen MR) is 82.3 cm³/mol. The van der Waals surface area contributed by atoms with E-state index in [0.717, 1.165) is 37.8 Å². The molecule has 0 bridgehead atoms. The number of likely N-dealkylation sites (tertiary alicyclic amines) is 1. The first-order valence-electron chi connectivity index (χ1n) is 8.25. The molecule has 7 heteroatoms. The van der Waals surface area contributed by atoms with Crippen LogP contribution in [0.25, 0.3) is 0 Å². The number of hydrogen-bond acceptors (Lipinski definition) is 2. The Kier molecular flexibility index (Phi) is 4.71. The fraction of sp³-hybridized carbons (Fsp3) is 0.588. The Morgan fingerprint density at radius 1 is 1.33 bits per heavy atom. The number of carbonyl (C=O) groups is 1. The molecular formula is C17H21F3N2O2. The minimum Gasteiger partial charge on any atom is -0.394 e. The number of alkyl halides is 3. The zero-order chi connectivity index (χ0) is 17.3. The smallest absolute Gasteiger partial charge is 0.394 e. The summed E-state index contributed by atoms with van der Waals surface area (Å²) in [5.41, 5.74) is -0.213. The van der Waals surface area contributed by atoms with E-state index in [9.17, 15) is 23.1 Å². The third-order valence-electron chi connectivity index (χ3n) is 4.79. The van der Waals surface area contributed by atoms with Crippen LogP contribution in [0, 0.1) is 5.92 Å². The molecule has 2 amide bonds. The van der Waals surface area contributed by atoms with Crippen molar-refractivity contribution >= 4 is 6.03 Å². The van der Waals surface area contributed by atoms with Crippen LogP contribution in [0.15, 0.2) is 24.3 Å². The number of urea groups is 1. The molecule has 4 nitrogen and oxygen atoms in total. The summed E-state index contributed by atoms with van der Waals surface area (Å²) in [7, 11) is 0. The molecule has 1 aliphatic carbocycles. The number of aliphatic hydroxyl groups excluding tert-OH is 1. The van der Waals surface area contributed by atoms with Crippen LogP contribution in [0.4, 0.5) is 18.0 Å². The molecule has 2 aliphatic rings. The van der Waals surface area contributed by atoms with Gasteiger partial charge in [0.25, 0.3) is 0 Å². The molecular weight excluding hydrogens is 321 g/mol. The molecule has 2 atom stereocenters. The number of halogens is 3. The highest BCUT2D eigenvalue weighted by Crippen LogP contribution is 2.42. The summed E-state index contributed by atoms with van der Waals surface area (Å²) in [5, 5.41) is 12.2. The Morgan fingerprint density at radius 3 is 2.71 bits per heavy atom. The van der Waals surface area contributed by atoms with Gasteiger partial charge in [-0.25, -0.2) is 4.79 Å². The molecule has 0 radical (unpaired) electrons. The average Bonchev–Trinajstić information content (AvgIpc) is 3.27. The lowest BCUT2D eigenvalue weighted by Gasteiger charge is -2.27. The van der Waals surface area contributed by atoms with Crippen LogP contribution in [0.3, 0.4) is 0 Å². The number of hydrogen-bond donors (Lipinski definition) is 2. The van der Waals surface area contributed by atoms with E-state index in [1.54, 1.807) is 11.0 Å². The van der Waals surface area contributed by atoms with Gasteiger partial charge in [0.05, 0.1) is 24.3 Å². The molecule has 24 heavy (non-hydrogen) atoms. The number of carbonyl (C=O) groups excluding carboxylic acids is 1. The highest BCUT2D eigenvalue weighted by Gasteiger charge is 2.38. The van der Waals surface area contributed by atoms with Gasteiger partial charge < -0.3 is 15.3 Å². The van der Waals surface area contributed by atoms with Gasteiger partial charge in [-0.1, -0.05) is 12.1 Å². The maximum absolute atomic E-state index is 12.9. The maximum Gasteiger partial charge on any atom is 0.416 e. The highest BCUT2D eigenvalue weighted by molar-refractivity contribution is 5.75. The summed E-state index contributed by atoms with van der Waals surface area (Å²) in [4.78, 5) is 14.1. The average molecular weight is 342 g/mol. The molecule has 2 fully saturated rings. The molecule has 1 aliphatic heterocycles. The van der Waals surface area contributed by atoms with Crippen molar-refractivity contribution in [1.82, 2.24) is 10.2 Å². The van der Waals surface area contributed by atoms with E-state index < -0.39 is 17.8 Å². The SMILES string of the molecule is O=C(NC(c1cccc(C(F)(F)F)c1)C1CC1)N1CCC[C@H]1CO. The Bertz CT molecular complexity index is 602. The zero-order valence-corrected chi connectivity index (χ0v) is 13.2. The number of benzene rings is 1. The Hall–Kier alpha value is -1.76. The van der Waals surface area contributed by atoms with Crippen molar-refractivity contribution in [1.29, 1.82) is 0 Å². The van der Waals surface area contributed by atoms with Gasteiger partial charge in [0, 0.05) is 6.54 Å². The van der Waals surface area contributed by atoms with Crippen molar-refractivity contribution in [3.05, 3.63) is 35.4 Å². The number of aliphatic hydroxyl groups is 1. The van der Waals surface area contributed by atoms with Crippen molar-refractivity contribution in [3.63, 3.8) is 0 Å². The van der Waals surface area contributed by atoms with Gasteiger partial charge in [0.15, 0.2) is 0 Å². The van der Waals surface area contributed by atoms with Gasteiger partial charge in [-0.2, -0.15) is 13.2 Å². The second-order valence-corrected chi connectivity index (χ2v) is 6.56. The highest BCUT2D eigenvalue weighted by atomic mass is 19.4. The molecule has 0 aromatic heterocycles. The second kappa shape index (κ2) is 6.63. The van der Waals surface area contributed by atoms with Crippen molar-refractivity contribution in [2.75, 3.05) is 13.2 Å². The standard InChI is InChI=1S/C17H21F3N2O2/c18-17(19,20)13-4-1-3-12(9-13)15(11-6-7-11)21-16(24)22-8-2-5-14(22)10-23/h1,3-4,9,11,14-15,23H,2,5-8,10H2,(H,21,24)/t14-,15?/m0/s1. The lowest BCUT2D eigenvalue weighted by Crippen LogP contribution is -2.45.